The zero-order valence-electron chi connectivity index (χ0n) is 11.9. The molecule has 1 saturated heterocycles. The van der Waals surface area contributed by atoms with Crippen molar-refractivity contribution >= 4 is 19.9 Å². The summed E-state index contributed by atoms with van der Waals surface area (Å²) in [6.45, 7) is 0.454. The third kappa shape index (κ3) is 4.26. The van der Waals surface area contributed by atoms with E-state index >= 15 is 0 Å². The van der Waals surface area contributed by atoms with Crippen molar-refractivity contribution in [1.29, 1.82) is 0 Å². The van der Waals surface area contributed by atoms with Gasteiger partial charge < -0.3 is 5.32 Å². The van der Waals surface area contributed by atoms with Gasteiger partial charge in [-0.25, -0.2) is 21.6 Å². The third-order valence-electron chi connectivity index (χ3n) is 3.51. The van der Waals surface area contributed by atoms with Gasteiger partial charge in [0, 0.05) is 12.6 Å². The molecule has 0 amide bonds. The van der Waals surface area contributed by atoms with Crippen molar-refractivity contribution in [3.8, 4) is 0 Å². The van der Waals surface area contributed by atoms with Gasteiger partial charge in [0.1, 0.15) is 9.84 Å². The van der Waals surface area contributed by atoms with Crippen LogP contribution in [0.15, 0.2) is 29.2 Å². The molecule has 0 spiro atoms. The molecule has 21 heavy (non-hydrogen) atoms. The minimum atomic E-state index is -3.63. The van der Waals surface area contributed by atoms with Crippen LogP contribution in [0.1, 0.15) is 18.4 Å². The van der Waals surface area contributed by atoms with Crippen LogP contribution in [-0.2, 0) is 26.4 Å². The lowest BCUT2D eigenvalue weighted by atomic mass is 10.2. The number of rotatable bonds is 5. The quantitative estimate of drug-likeness (QED) is 0.807. The summed E-state index contributed by atoms with van der Waals surface area (Å²) in [6.07, 6.45) is 0.658. The lowest BCUT2D eigenvalue weighted by Gasteiger charge is -2.23. The summed E-state index contributed by atoms with van der Waals surface area (Å²) in [7, 11) is -4.88. The summed E-state index contributed by atoms with van der Waals surface area (Å²) in [6, 6.07) is 6.48. The summed E-state index contributed by atoms with van der Waals surface area (Å²) in [5.74, 6) is 0.0801. The van der Waals surface area contributed by atoms with Crippen molar-refractivity contribution in [1.82, 2.24) is 10.0 Å². The van der Waals surface area contributed by atoms with Crippen LogP contribution in [0.4, 0.5) is 0 Å². The molecule has 0 aliphatic carbocycles. The van der Waals surface area contributed by atoms with Crippen LogP contribution in [0.5, 0.6) is 0 Å². The predicted octanol–water partition coefficient (Wildman–Crippen LogP) is 0.262. The Morgan fingerprint density at radius 3 is 2.43 bits per heavy atom. The summed E-state index contributed by atoms with van der Waals surface area (Å²) in [4.78, 5) is 0.243. The number of sulfonamides is 1. The maximum Gasteiger partial charge on any atom is 0.241 e. The first-order valence-electron chi connectivity index (χ1n) is 6.79. The van der Waals surface area contributed by atoms with Gasteiger partial charge in [-0.3, -0.25) is 0 Å². The molecule has 0 atom stereocenters. The van der Waals surface area contributed by atoms with Crippen LogP contribution in [0, 0.1) is 0 Å². The lowest BCUT2D eigenvalue weighted by molar-refractivity contribution is 0.504. The molecule has 118 valence electrons. The Hall–Kier alpha value is -0.960. The van der Waals surface area contributed by atoms with Crippen molar-refractivity contribution < 1.29 is 16.8 Å². The van der Waals surface area contributed by atoms with Crippen LogP contribution in [0.2, 0.25) is 0 Å². The average molecular weight is 332 g/mol. The van der Waals surface area contributed by atoms with E-state index in [4.69, 9.17) is 0 Å². The van der Waals surface area contributed by atoms with E-state index in [9.17, 15) is 16.8 Å². The minimum Gasteiger partial charge on any atom is -0.316 e. The monoisotopic (exact) mass is 332 g/mol. The second kappa shape index (κ2) is 6.43. The minimum absolute atomic E-state index is 0.0400. The summed E-state index contributed by atoms with van der Waals surface area (Å²) >= 11 is 0. The molecule has 0 saturated carbocycles. The molecule has 0 radical (unpaired) electrons. The highest BCUT2D eigenvalue weighted by molar-refractivity contribution is 7.91. The molecule has 1 aromatic rings. The van der Waals surface area contributed by atoms with Gasteiger partial charge in [0.05, 0.1) is 16.4 Å². The van der Waals surface area contributed by atoms with Gasteiger partial charge in [0.25, 0.3) is 0 Å². The van der Waals surface area contributed by atoms with Crippen LogP contribution in [-0.4, -0.2) is 41.4 Å². The fourth-order valence-electron chi connectivity index (χ4n) is 2.39. The molecule has 1 fully saturated rings. The van der Waals surface area contributed by atoms with Gasteiger partial charge in [0.15, 0.2) is 0 Å². The molecule has 0 bridgehead atoms. The molecule has 1 heterocycles. The zero-order chi connectivity index (χ0) is 15.5. The molecule has 2 rings (SSSR count). The first-order chi connectivity index (χ1) is 9.84. The Kier molecular flexibility index (Phi) is 5.03. The molecule has 0 aromatic heterocycles. The van der Waals surface area contributed by atoms with Crippen molar-refractivity contribution in [3.63, 3.8) is 0 Å². The Bertz CT molecular complexity index is 685. The van der Waals surface area contributed by atoms with Gasteiger partial charge in [-0.2, -0.15) is 0 Å². The molecule has 2 N–H and O–H groups in total. The second-order valence-electron chi connectivity index (χ2n) is 5.19. The first kappa shape index (κ1) is 16.4. The molecule has 8 heteroatoms. The van der Waals surface area contributed by atoms with E-state index in [0.717, 1.165) is 0 Å². The number of sulfone groups is 1. The highest BCUT2D eigenvalue weighted by Gasteiger charge is 2.28. The SMILES string of the molecule is CNCc1ccccc1S(=O)(=O)NC1CCS(=O)(=O)CC1. The summed E-state index contributed by atoms with van der Waals surface area (Å²) in [5.41, 5.74) is 0.691. The van der Waals surface area contributed by atoms with Gasteiger partial charge in [-0.05, 0) is 31.5 Å². The number of benzene rings is 1. The largest absolute Gasteiger partial charge is 0.316 e. The fraction of sp³-hybridized carbons (Fsp3) is 0.538. The lowest BCUT2D eigenvalue weighted by Crippen LogP contribution is -2.41. The van der Waals surface area contributed by atoms with Crippen molar-refractivity contribution in [2.45, 2.75) is 30.3 Å². The van der Waals surface area contributed by atoms with Crippen LogP contribution < -0.4 is 10.0 Å². The Balaban J connectivity index is 2.16. The molecule has 1 aliphatic heterocycles. The Morgan fingerprint density at radius 1 is 1.19 bits per heavy atom. The van der Waals surface area contributed by atoms with Crippen molar-refractivity contribution in [2.24, 2.45) is 0 Å². The first-order valence-corrected chi connectivity index (χ1v) is 10.1. The number of nitrogens with one attached hydrogen (secondary N) is 2. The Labute approximate surface area is 125 Å². The molecule has 0 unspecified atom stereocenters. The van der Waals surface area contributed by atoms with E-state index in [1.165, 1.54) is 0 Å². The van der Waals surface area contributed by atoms with Gasteiger partial charge in [-0.15, -0.1) is 0 Å². The summed E-state index contributed by atoms with van der Waals surface area (Å²) < 4.78 is 50.3. The third-order valence-corrected chi connectivity index (χ3v) is 6.84. The average Bonchev–Trinajstić information content (AvgIpc) is 2.42. The van der Waals surface area contributed by atoms with E-state index in [2.05, 4.69) is 10.0 Å². The number of hydrogen-bond acceptors (Lipinski definition) is 5. The van der Waals surface area contributed by atoms with Gasteiger partial charge >= 0.3 is 0 Å². The van der Waals surface area contributed by atoms with E-state index in [1.807, 2.05) is 0 Å². The van der Waals surface area contributed by atoms with Crippen LogP contribution in [0.25, 0.3) is 0 Å². The van der Waals surface area contributed by atoms with Crippen molar-refractivity contribution in [2.75, 3.05) is 18.6 Å². The van der Waals surface area contributed by atoms with Crippen LogP contribution >= 0.6 is 0 Å². The van der Waals surface area contributed by atoms with E-state index in [0.29, 0.717) is 24.9 Å². The maximum absolute atomic E-state index is 12.5. The standard InChI is InChI=1S/C13H20N2O4S2/c1-14-10-11-4-2-3-5-13(11)21(18,19)15-12-6-8-20(16,17)9-7-12/h2-5,12,14-15H,6-10H2,1H3. The van der Waals surface area contributed by atoms with E-state index in [1.54, 1.807) is 31.3 Å². The normalized spacial score (nSPS) is 19.5. The topological polar surface area (TPSA) is 92.3 Å². The molecule has 1 aliphatic rings. The molecule has 6 nitrogen and oxygen atoms in total. The smallest absolute Gasteiger partial charge is 0.241 e. The van der Waals surface area contributed by atoms with Gasteiger partial charge in [0.2, 0.25) is 10.0 Å². The van der Waals surface area contributed by atoms with Crippen LogP contribution in [0.3, 0.4) is 0 Å². The van der Waals surface area contributed by atoms with E-state index < -0.39 is 19.9 Å². The highest BCUT2D eigenvalue weighted by atomic mass is 32.2. The molecular formula is C13H20N2O4S2. The van der Waals surface area contributed by atoms with E-state index in [-0.39, 0.29) is 22.4 Å². The van der Waals surface area contributed by atoms with Gasteiger partial charge in [-0.1, -0.05) is 18.2 Å². The number of hydrogen-bond donors (Lipinski definition) is 2. The zero-order valence-corrected chi connectivity index (χ0v) is 13.5. The predicted molar refractivity (Wildman–Crippen MR) is 81.2 cm³/mol. The maximum atomic E-state index is 12.5. The fourth-order valence-corrected chi connectivity index (χ4v) is 5.43. The highest BCUT2D eigenvalue weighted by Crippen LogP contribution is 2.19. The summed E-state index contributed by atoms with van der Waals surface area (Å²) in [5, 5.41) is 2.94. The second-order valence-corrected chi connectivity index (χ2v) is 9.17. The van der Waals surface area contributed by atoms with Crippen molar-refractivity contribution in [3.05, 3.63) is 29.8 Å². The molecular weight excluding hydrogens is 312 g/mol. The molecule has 1 aromatic carbocycles. The Morgan fingerprint density at radius 2 is 1.81 bits per heavy atom.